The molecule has 4 heterocycles. The Kier molecular flexibility index (Phi) is 11.8. The molecule has 3 aromatic heterocycles. The van der Waals surface area contributed by atoms with E-state index in [0.717, 1.165) is 41.1 Å². The number of nitrogens with zero attached hydrogens (tertiary/aromatic N) is 5. The molecule has 57 heavy (non-hydrogen) atoms. The van der Waals surface area contributed by atoms with Crippen molar-refractivity contribution in [3.8, 4) is 17.0 Å². The number of rotatable bonds is 12. The Bertz CT molecular complexity index is 2380. The summed E-state index contributed by atoms with van der Waals surface area (Å²) >= 11 is 0. The van der Waals surface area contributed by atoms with Crippen LogP contribution in [0.5, 0.6) is 5.75 Å². The van der Waals surface area contributed by atoms with Crippen molar-refractivity contribution in [2.45, 2.75) is 84.5 Å². The van der Waals surface area contributed by atoms with E-state index in [1.165, 1.54) is 24.0 Å². The van der Waals surface area contributed by atoms with Crippen LogP contribution in [-0.4, -0.2) is 65.7 Å². The van der Waals surface area contributed by atoms with E-state index in [4.69, 9.17) is 19.6 Å². The van der Waals surface area contributed by atoms with Crippen LogP contribution >= 0.6 is 0 Å². The molecule has 1 aliphatic rings. The molecule has 2 N–H and O–H groups in total. The largest absolute Gasteiger partial charge is 0.486 e. The molecule has 0 radical (unpaired) electrons. The van der Waals surface area contributed by atoms with E-state index in [-0.39, 0.29) is 58.4 Å². The van der Waals surface area contributed by atoms with Crippen LogP contribution in [0.2, 0.25) is 0 Å². The van der Waals surface area contributed by atoms with Crippen LogP contribution < -0.4 is 19.7 Å². The van der Waals surface area contributed by atoms with E-state index in [2.05, 4.69) is 15.6 Å². The standard InChI is InChI=1S/C40H45F4N7O5S/c1-24-16-27(37(46-21-24)50(5)57(6,53)54)22-45-36-34-31(51(33-14-10-11-15-55-33)49-35(34)38(52)48-39(2,3)4)19-30(47-36)28-18-29(41)32(17-26(28)20-40(42,43)44)56-23-25-12-8-7-9-13-25/h7-9,12-13,16-19,21,33H,10-11,14-15,20,22-23H2,1-6H3,(H,45,47)(H,48,52). The van der Waals surface area contributed by atoms with Crippen LogP contribution in [0.15, 0.2) is 60.8 Å². The van der Waals surface area contributed by atoms with Crippen molar-refractivity contribution in [2.75, 3.05) is 29.5 Å². The number of amides is 1. The molecule has 17 heteroatoms. The van der Waals surface area contributed by atoms with Gasteiger partial charge in [0.15, 0.2) is 23.5 Å². The number of anilines is 2. The first kappa shape index (κ1) is 41.3. The van der Waals surface area contributed by atoms with Crippen molar-refractivity contribution in [1.29, 1.82) is 0 Å². The van der Waals surface area contributed by atoms with E-state index in [1.807, 2.05) is 0 Å². The lowest BCUT2D eigenvalue weighted by atomic mass is 9.99. The van der Waals surface area contributed by atoms with Gasteiger partial charge in [-0.25, -0.2) is 27.5 Å². The number of carbonyl (C=O) groups excluding carboxylic acids is 1. The smallest absolute Gasteiger partial charge is 0.393 e. The fraction of sp³-hybridized carbons (Fsp3) is 0.400. The molecule has 6 rings (SSSR count). The Morgan fingerprint density at radius 2 is 1.81 bits per heavy atom. The number of halogens is 4. The number of aryl methyl sites for hydroxylation is 1. The third-order valence-corrected chi connectivity index (χ3v) is 10.4. The molecule has 12 nitrogen and oxygen atoms in total. The van der Waals surface area contributed by atoms with Crippen LogP contribution in [0, 0.1) is 12.7 Å². The molecule has 5 aromatic rings. The zero-order valence-electron chi connectivity index (χ0n) is 32.5. The normalized spacial score (nSPS) is 15.1. The molecular weight excluding hydrogens is 767 g/mol. The van der Waals surface area contributed by atoms with Crippen molar-refractivity contribution in [2.24, 2.45) is 0 Å². The number of pyridine rings is 2. The molecule has 1 unspecified atom stereocenters. The summed E-state index contributed by atoms with van der Waals surface area (Å²) in [7, 11) is -2.37. The van der Waals surface area contributed by atoms with E-state index in [1.54, 1.807) is 64.1 Å². The first-order valence-corrected chi connectivity index (χ1v) is 20.2. The number of fused-ring (bicyclic) bond motifs is 1. The van der Waals surface area contributed by atoms with Crippen molar-refractivity contribution < 1.29 is 40.2 Å². The van der Waals surface area contributed by atoms with E-state index in [9.17, 15) is 26.4 Å². The van der Waals surface area contributed by atoms with Gasteiger partial charge < -0.3 is 20.1 Å². The predicted molar refractivity (Wildman–Crippen MR) is 209 cm³/mol. The topological polar surface area (TPSA) is 141 Å². The number of nitrogens with one attached hydrogen (secondary N) is 2. The van der Waals surface area contributed by atoms with Gasteiger partial charge in [0.25, 0.3) is 5.91 Å². The van der Waals surface area contributed by atoms with Gasteiger partial charge in [-0.2, -0.15) is 18.3 Å². The molecule has 0 saturated carbocycles. The monoisotopic (exact) mass is 811 g/mol. The number of sulfonamides is 1. The van der Waals surface area contributed by atoms with Gasteiger partial charge in [0.05, 0.1) is 29.3 Å². The molecule has 1 aliphatic heterocycles. The van der Waals surface area contributed by atoms with Crippen molar-refractivity contribution in [3.05, 3.63) is 94.6 Å². The third-order valence-electron chi connectivity index (χ3n) is 9.21. The first-order valence-electron chi connectivity index (χ1n) is 18.3. The summed E-state index contributed by atoms with van der Waals surface area (Å²) in [5.41, 5.74) is 0.945. The molecule has 0 spiro atoms. The molecule has 2 aromatic carbocycles. The second-order valence-electron chi connectivity index (χ2n) is 15.2. The Morgan fingerprint density at radius 3 is 2.46 bits per heavy atom. The minimum atomic E-state index is -4.69. The third kappa shape index (κ3) is 10.00. The molecule has 304 valence electrons. The SMILES string of the molecule is Cc1cnc(N(C)S(C)(=O)=O)c(CNc2nc(-c3cc(F)c(OCc4ccccc4)cc3CC(F)(F)F)cc3c2c(C(=O)NC(C)(C)C)nn3C2CCCCO2)c1. The van der Waals surface area contributed by atoms with Crippen LogP contribution in [0.4, 0.5) is 29.2 Å². The maximum Gasteiger partial charge on any atom is 0.393 e. The number of benzene rings is 2. The molecular formula is C40H45F4N7O5S. The van der Waals surface area contributed by atoms with Gasteiger partial charge in [0, 0.05) is 43.1 Å². The summed E-state index contributed by atoms with van der Waals surface area (Å²) in [6.45, 7) is 7.45. The van der Waals surface area contributed by atoms with Gasteiger partial charge in [0.2, 0.25) is 10.0 Å². The summed E-state index contributed by atoms with van der Waals surface area (Å²) in [6.07, 6.45) is -2.05. The number of alkyl halides is 3. The fourth-order valence-electron chi connectivity index (χ4n) is 6.53. The number of hydrogen-bond acceptors (Lipinski definition) is 9. The lowest BCUT2D eigenvalue weighted by Gasteiger charge is -2.24. The second kappa shape index (κ2) is 16.3. The summed E-state index contributed by atoms with van der Waals surface area (Å²) in [5, 5.41) is 11.1. The predicted octanol–water partition coefficient (Wildman–Crippen LogP) is 7.86. The highest BCUT2D eigenvalue weighted by Gasteiger charge is 2.33. The molecule has 0 aliphatic carbocycles. The molecule has 1 amide bonds. The van der Waals surface area contributed by atoms with Crippen LogP contribution in [0.25, 0.3) is 22.2 Å². The van der Waals surface area contributed by atoms with Crippen molar-refractivity contribution in [1.82, 2.24) is 25.1 Å². The lowest BCUT2D eigenvalue weighted by molar-refractivity contribution is -0.127. The van der Waals surface area contributed by atoms with Crippen LogP contribution in [0.1, 0.15) is 79.0 Å². The van der Waals surface area contributed by atoms with E-state index in [0.29, 0.717) is 29.7 Å². The summed E-state index contributed by atoms with van der Waals surface area (Å²) in [5.74, 6) is -1.66. The Labute approximate surface area is 328 Å². The zero-order valence-corrected chi connectivity index (χ0v) is 33.3. The van der Waals surface area contributed by atoms with Crippen LogP contribution in [-0.2, 0) is 34.3 Å². The quantitative estimate of drug-likeness (QED) is 0.121. The molecule has 1 atom stereocenters. The first-order chi connectivity index (χ1) is 26.8. The molecule has 0 bridgehead atoms. The summed E-state index contributed by atoms with van der Waals surface area (Å²) < 4.78 is 98.0. The summed E-state index contributed by atoms with van der Waals surface area (Å²) in [4.78, 5) is 23.1. The summed E-state index contributed by atoms with van der Waals surface area (Å²) in [6, 6.07) is 14.0. The highest BCUT2D eigenvalue weighted by Crippen LogP contribution is 2.39. The highest BCUT2D eigenvalue weighted by molar-refractivity contribution is 7.92. The Morgan fingerprint density at radius 1 is 1.07 bits per heavy atom. The molecule has 1 saturated heterocycles. The van der Waals surface area contributed by atoms with E-state index >= 15 is 4.39 Å². The van der Waals surface area contributed by atoms with Gasteiger partial charge in [0.1, 0.15) is 18.2 Å². The van der Waals surface area contributed by atoms with Crippen molar-refractivity contribution >= 4 is 38.5 Å². The Balaban J connectivity index is 1.56. The molecule has 1 fully saturated rings. The minimum absolute atomic E-state index is 0.0286. The zero-order chi connectivity index (χ0) is 41.3. The van der Waals surface area contributed by atoms with Gasteiger partial charge in [-0.3, -0.25) is 9.10 Å². The number of aromatic nitrogens is 4. The highest BCUT2D eigenvalue weighted by atomic mass is 32.2. The van der Waals surface area contributed by atoms with Crippen LogP contribution in [0.3, 0.4) is 0 Å². The van der Waals surface area contributed by atoms with Gasteiger partial charge in [-0.15, -0.1) is 0 Å². The van der Waals surface area contributed by atoms with Gasteiger partial charge >= 0.3 is 6.18 Å². The van der Waals surface area contributed by atoms with Crippen molar-refractivity contribution in [3.63, 3.8) is 0 Å². The Hall–Kier alpha value is -5.29. The number of hydrogen-bond donors (Lipinski definition) is 2. The van der Waals surface area contributed by atoms with Gasteiger partial charge in [-0.05, 0) is 87.9 Å². The maximum atomic E-state index is 15.9. The minimum Gasteiger partial charge on any atom is -0.486 e. The lowest BCUT2D eigenvalue weighted by Crippen LogP contribution is -2.41. The van der Waals surface area contributed by atoms with E-state index < -0.39 is 46.1 Å². The fourth-order valence-corrected chi connectivity index (χ4v) is 7.01. The maximum absolute atomic E-state index is 15.9. The average Bonchev–Trinajstić information content (AvgIpc) is 3.53. The average molecular weight is 812 g/mol. The second-order valence-corrected chi connectivity index (χ2v) is 17.2. The number of carbonyl (C=O) groups is 1. The van der Waals surface area contributed by atoms with Gasteiger partial charge in [-0.1, -0.05) is 30.3 Å². The number of ether oxygens (including phenoxy) is 2.